The highest BCUT2D eigenvalue weighted by atomic mass is 19.1. The van der Waals surface area contributed by atoms with E-state index in [1.54, 1.807) is 13.8 Å². The van der Waals surface area contributed by atoms with Crippen LogP contribution in [0.15, 0.2) is 18.2 Å². The number of carbonyl (C=O) groups excluding carboxylic acids is 1. The molecule has 0 saturated carbocycles. The number of esters is 1. The molecule has 0 N–H and O–H groups in total. The lowest BCUT2D eigenvalue weighted by molar-refractivity contribution is 0.0593. The molecule has 0 aliphatic heterocycles. The van der Waals surface area contributed by atoms with Crippen molar-refractivity contribution < 1.29 is 23.0 Å². The standard InChI is InChI=1S/C14H13F2NO3/c1-7(2)20-11-6-10(14(18)19-3)17-13-9(16)5-4-8(15)12(11)13/h4-7H,1-3H3. The van der Waals surface area contributed by atoms with Gasteiger partial charge in [0.1, 0.15) is 22.9 Å². The summed E-state index contributed by atoms with van der Waals surface area (Å²) in [6.45, 7) is 3.47. The van der Waals surface area contributed by atoms with Crippen molar-refractivity contribution in [2.75, 3.05) is 7.11 Å². The van der Waals surface area contributed by atoms with Crippen molar-refractivity contribution in [3.05, 3.63) is 35.5 Å². The van der Waals surface area contributed by atoms with Crippen LogP contribution in [0.1, 0.15) is 24.3 Å². The summed E-state index contributed by atoms with van der Waals surface area (Å²) < 4.78 is 37.7. The average molecular weight is 281 g/mol. The predicted octanol–water partition coefficient (Wildman–Crippen LogP) is 3.09. The third kappa shape index (κ3) is 2.54. The number of pyridine rings is 1. The van der Waals surface area contributed by atoms with Gasteiger partial charge in [-0.25, -0.2) is 18.6 Å². The van der Waals surface area contributed by atoms with Gasteiger partial charge in [0.15, 0.2) is 5.69 Å². The summed E-state index contributed by atoms with van der Waals surface area (Å²) in [7, 11) is 1.18. The Kier molecular flexibility index (Phi) is 3.83. The fourth-order valence-corrected chi connectivity index (χ4v) is 1.79. The van der Waals surface area contributed by atoms with Gasteiger partial charge in [0.05, 0.1) is 18.6 Å². The Morgan fingerprint density at radius 3 is 2.50 bits per heavy atom. The molecule has 6 heteroatoms. The molecular weight excluding hydrogens is 268 g/mol. The molecule has 20 heavy (non-hydrogen) atoms. The Morgan fingerprint density at radius 2 is 1.90 bits per heavy atom. The zero-order valence-corrected chi connectivity index (χ0v) is 11.2. The number of carbonyl (C=O) groups is 1. The number of ether oxygens (including phenoxy) is 2. The van der Waals surface area contributed by atoms with Gasteiger partial charge >= 0.3 is 5.97 Å². The Morgan fingerprint density at radius 1 is 1.25 bits per heavy atom. The van der Waals surface area contributed by atoms with Crippen molar-refractivity contribution in [2.45, 2.75) is 20.0 Å². The zero-order chi connectivity index (χ0) is 14.9. The lowest BCUT2D eigenvalue weighted by Gasteiger charge is -2.14. The first-order chi connectivity index (χ1) is 9.43. The molecule has 0 amide bonds. The molecule has 106 valence electrons. The largest absolute Gasteiger partial charge is 0.490 e. The van der Waals surface area contributed by atoms with Crippen LogP contribution < -0.4 is 4.74 Å². The van der Waals surface area contributed by atoms with E-state index < -0.39 is 17.6 Å². The molecule has 0 aliphatic carbocycles. The van der Waals surface area contributed by atoms with Gasteiger partial charge in [-0.15, -0.1) is 0 Å². The second-order valence-corrected chi connectivity index (χ2v) is 4.42. The molecule has 0 bridgehead atoms. The molecule has 0 saturated heterocycles. The Labute approximate surface area is 114 Å². The first kappa shape index (κ1) is 14.2. The van der Waals surface area contributed by atoms with Crippen molar-refractivity contribution in [2.24, 2.45) is 0 Å². The lowest BCUT2D eigenvalue weighted by atomic mass is 10.1. The van der Waals surface area contributed by atoms with Crippen LogP contribution in [0.2, 0.25) is 0 Å². The van der Waals surface area contributed by atoms with Gasteiger partial charge in [-0.05, 0) is 26.0 Å². The van der Waals surface area contributed by atoms with E-state index in [1.165, 1.54) is 13.2 Å². The number of hydrogen-bond donors (Lipinski definition) is 0. The van der Waals surface area contributed by atoms with E-state index in [1.807, 2.05) is 0 Å². The lowest BCUT2D eigenvalue weighted by Crippen LogP contribution is -2.10. The van der Waals surface area contributed by atoms with Gasteiger partial charge in [-0.3, -0.25) is 0 Å². The third-order valence-electron chi connectivity index (χ3n) is 2.58. The van der Waals surface area contributed by atoms with E-state index in [0.29, 0.717) is 0 Å². The smallest absolute Gasteiger partial charge is 0.356 e. The normalized spacial score (nSPS) is 10.9. The van der Waals surface area contributed by atoms with E-state index in [0.717, 1.165) is 12.1 Å². The second-order valence-electron chi connectivity index (χ2n) is 4.42. The molecule has 0 unspecified atom stereocenters. The molecule has 0 aliphatic rings. The van der Waals surface area contributed by atoms with Gasteiger partial charge in [-0.1, -0.05) is 0 Å². The SMILES string of the molecule is COC(=O)c1cc(OC(C)C)c2c(F)ccc(F)c2n1. The van der Waals surface area contributed by atoms with Crippen LogP contribution >= 0.6 is 0 Å². The van der Waals surface area contributed by atoms with E-state index in [9.17, 15) is 13.6 Å². The van der Waals surface area contributed by atoms with Crippen molar-refractivity contribution in [3.63, 3.8) is 0 Å². The number of rotatable bonds is 3. The quantitative estimate of drug-likeness (QED) is 0.811. The van der Waals surface area contributed by atoms with Gasteiger partial charge in [0.25, 0.3) is 0 Å². The highest BCUT2D eigenvalue weighted by Crippen LogP contribution is 2.30. The number of nitrogens with zero attached hydrogens (tertiary/aromatic N) is 1. The summed E-state index contributed by atoms with van der Waals surface area (Å²) in [5.74, 6) is -2.09. The van der Waals surface area contributed by atoms with Crippen molar-refractivity contribution >= 4 is 16.9 Å². The number of methoxy groups -OCH3 is 1. The maximum atomic E-state index is 13.9. The van der Waals surface area contributed by atoms with Crippen molar-refractivity contribution in [3.8, 4) is 5.75 Å². The Bertz CT molecular complexity index is 671. The molecule has 0 radical (unpaired) electrons. The number of halogens is 2. The van der Waals surface area contributed by atoms with Gasteiger partial charge in [-0.2, -0.15) is 0 Å². The fourth-order valence-electron chi connectivity index (χ4n) is 1.79. The van der Waals surface area contributed by atoms with E-state index in [-0.39, 0.29) is 28.5 Å². The summed E-state index contributed by atoms with van der Waals surface area (Å²) in [5, 5.41) is -0.0913. The van der Waals surface area contributed by atoms with Crippen LogP contribution in [0.4, 0.5) is 8.78 Å². The van der Waals surface area contributed by atoms with Gasteiger partial charge in [0, 0.05) is 6.07 Å². The number of benzene rings is 1. The minimum Gasteiger partial charge on any atom is -0.490 e. The topological polar surface area (TPSA) is 48.4 Å². The number of hydrogen-bond acceptors (Lipinski definition) is 4. The molecule has 0 atom stereocenters. The molecule has 1 heterocycles. The maximum absolute atomic E-state index is 13.9. The average Bonchev–Trinajstić information content (AvgIpc) is 2.41. The first-order valence-electron chi connectivity index (χ1n) is 5.97. The van der Waals surface area contributed by atoms with E-state index in [2.05, 4.69) is 9.72 Å². The number of fused-ring (bicyclic) bond motifs is 1. The second kappa shape index (κ2) is 5.40. The molecule has 0 fully saturated rings. The van der Waals surface area contributed by atoms with Crippen LogP contribution in [0.5, 0.6) is 5.75 Å². The molecule has 2 rings (SSSR count). The highest BCUT2D eigenvalue weighted by molar-refractivity contribution is 5.94. The summed E-state index contributed by atoms with van der Waals surface area (Å²) in [4.78, 5) is 15.3. The Balaban J connectivity index is 2.77. The van der Waals surface area contributed by atoms with Crippen molar-refractivity contribution in [1.82, 2.24) is 4.98 Å². The van der Waals surface area contributed by atoms with Crippen LogP contribution in [-0.4, -0.2) is 24.2 Å². The highest BCUT2D eigenvalue weighted by Gasteiger charge is 2.19. The fraction of sp³-hybridized carbons (Fsp3) is 0.286. The summed E-state index contributed by atoms with van der Waals surface area (Å²) >= 11 is 0. The molecule has 0 spiro atoms. The van der Waals surface area contributed by atoms with E-state index >= 15 is 0 Å². The molecule has 1 aromatic carbocycles. The molecule has 4 nitrogen and oxygen atoms in total. The molecular formula is C14H13F2NO3. The minimum atomic E-state index is -0.746. The minimum absolute atomic E-state index is 0.0578. The first-order valence-corrected chi connectivity index (χ1v) is 5.97. The van der Waals surface area contributed by atoms with Crippen LogP contribution in [0, 0.1) is 11.6 Å². The zero-order valence-electron chi connectivity index (χ0n) is 11.2. The molecule has 2 aromatic rings. The monoisotopic (exact) mass is 281 g/mol. The van der Waals surface area contributed by atoms with Crippen LogP contribution in [-0.2, 0) is 4.74 Å². The maximum Gasteiger partial charge on any atom is 0.356 e. The Hall–Kier alpha value is -2.24. The summed E-state index contributed by atoms with van der Waals surface area (Å²) in [6, 6.07) is 3.19. The molecule has 1 aromatic heterocycles. The van der Waals surface area contributed by atoms with Crippen LogP contribution in [0.3, 0.4) is 0 Å². The van der Waals surface area contributed by atoms with Gasteiger partial charge < -0.3 is 9.47 Å². The number of aromatic nitrogens is 1. The third-order valence-corrected chi connectivity index (χ3v) is 2.58. The van der Waals surface area contributed by atoms with Gasteiger partial charge in [0.2, 0.25) is 0 Å². The summed E-state index contributed by atoms with van der Waals surface area (Å²) in [6.07, 6.45) is -0.270. The van der Waals surface area contributed by atoms with Crippen molar-refractivity contribution in [1.29, 1.82) is 0 Å². The predicted molar refractivity (Wildman–Crippen MR) is 68.8 cm³/mol. The summed E-state index contributed by atoms with van der Waals surface area (Å²) in [5.41, 5.74) is -0.399. The van der Waals surface area contributed by atoms with Crippen LogP contribution in [0.25, 0.3) is 10.9 Å². The van der Waals surface area contributed by atoms with E-state index in [4.69, 9.17) is 4.74 Å².